The fourth-order valence-corrected chi connectivity index (χ4v) is 3.45. The summed E-state index contributed by atoms with van der Waals surface area (Å²) < 4.78 is 1.36. The third kappa shape index (κ3) is 13.2. The fraction of sp³-hybridized carbons (Fsp3) is 1.00. The van der Waals surface area contributed by atoms with E-state index in [9.17, 15) is 0 Å². The van der Waals surface area contributed by atoms with Gasteiger partial charge in [-0.1, -0.05) is 46.5 Å². The Bertz CT molecular complexity index is 202. The van der Waals surface area contributed by atoms with Crippen LogP contribution in [0.15, 0.2) is 0 Å². The van der Waals surface area contributed by atoms with E-state index in [-0.39, 0.29) is 17.0 Å². The molecule has 0 heterocycles. The van der Waals surface area contributed by atoms with Crippen molar-refractivity contribution < 1.29 is 21.5 Å². The van der Waals surface area contributed by atoms with Gasteiger partial charge in [0.2, 0.25) is 0 Å². The largest absolute Gasteiger partial charge is 1.00 e. The highest BCUT2D eigenvalue weighted by atomic mass is 79.9. The molecule has 0 radical (unpaired) electrons. The van der Waals surface area contributed by atoms with Crippen LogP contribution in [0.1, 0.15) is 91.4 Å². The van der Waals surface area contributed by atoms with Crippen LogP contribution < -0.4 is 17.0 Å². The molecular weight excluding hydrogens is 358 g/mol. The molecule has 22 heavy (non-hydrogen) atoms. The van der Waals surface area contributed by atoms with Gasteiger partial charge in [0.15, 0.2) is 0 Å². The molecule has 0 aromatic heterocycles. The van der Waals surface area contributed by atoms with Crippen molar-refractivity contribution in [3.8, 4) is 0 Å². The van der Waals surface area contributed by atoms with Gasteiger partial charge in [-0.25, -0.2) is 0 Å². The molecule has 0 spiro atoms. The summed E-state index contributed by atoms with van der Waals surface area (Å²) in [6, 6.07) is 0. The fourth-order valence-electron chi connectivity index (χ4n) is 3.33. The second kappa shape index (κ2) is 18.1. The van der Waals surface area contributed by atoms with Crippen LogP contribution in [0.3, 0.4) is 0 Å². The monoisotopic (exact) mass is 397 g/mol. The standard InChI is InChI=1S/C19H41ClN.BrH/c1-4-7-10-13-18-21(19-14-15-20,16-11-8-5-2)17-12-9-6-3;/h4-19H2,1-3H3;1H/q+1;/p-1. The third-order valence-electron chi connectivity index (χ3n) is 4.72. The zero-order valence-electron chi connectivity index (χ0n) is 15.5. The molecule has 1 nitrogen and oxygen atoms in total. The molecule has 0 fully saturated rings. The number of quaternary nitrogens is 1. The van der Waals surface area contributed by atoms with Gasteiger partial charge in [-0.05, 0) is 38.5 Å². The molecule has 0 bridgehead atoms. The predicted octanol–water partition coefficient (Wildman–Crippen LogP) is 3.40. The van der Waals surface area contributed by atoms with E-state index in [4.69, 9.17) is 11.6 Å². The number of alkyl halides is 1. The van der Waals surface area contributed by atoms with E-state index in [1.165, 1.54) is 101 Å². The highest BCUT2D eigenvalue weighted by Crippen LogP contribution is 2.18. The summed E-state index contributed by atoms with van der Waals surface area (Å²) in [5.74, 6) is 0.830. The zero-order chi connectivity index (χ0) is 15.8. The Balaban J connectivity index is 0. The van der Waals surface area contributed by atoms with Crippen LogP contribution in [0.5, 0.6) is 0 Å². The maximum absolute atomic E-state index is 6.00. The van der Waals surface area contributed by atoms with Crippen LogP contribution in [0.4, 0.5) is 0 Å². The van der Waals surface area contributed by atoms with Gasteiger partial charge in [-0.2, -0.15) is 0 Å². The Labute approximate surface area is 156 Å². The van der Waals surface area contributed by atoms with Crippen molar-refractivity contribution in [1.29, 1.82) is 0 Å². The third-order valence-corrected chi connectivity index (χ3v) is 4.99. The minimum Gasteiger partial charge on any atom is -1.00 e. The number of unbranched alkanes of at least 4 members (excludes halogenated alkanes) is 7. The van der Waals surface area contributed by atoms with E-state index in [1.807, 2.05) is 0 Å². The molecule has 136 valence electrons. The van der Waals surface area contributed by atoms with Gasteiger partial charge in [-0.3, -0.25) is 0 Å². The normalized spacial score (nSPS) is 11.5. The number of rotatable bonds is 16. The Morgan fingerprint density at radius 2 is 0.909 bits per heavy atom. The first-order chi connectivity index (χ1) is 10.2. The van der Waals surface area contributed by atoms with Gasteiger partial charge in [0.25, 0.3) is 0 Å². The molecular formula is C19H41BrClN. The van der Waals surface area contributed by atoms with E-state index in [1.54, 1.807) is 0 Å². The average molecular weight is 399 g/mol. The molecule has 0 aromatic carbocycles. The Morgan fingerprint density at radius 1 is 0.545 bits per heavy atom. The summed E-state index contributed by atoms with van der Waals surface area (Å²) >= 11 is 6.00. The number of nitrogens with zero attached hydrogens (tertiary/aromatic N) is 1. The van der Waals surface area contributed by atoms with Crippen molar-refractivity contribution in [2.75, 3.05) is 32.1 Å². The summed E-state index contributed by atoms with van der Waals surface area (Å²) in [5, 5.41) is 0. The van der Waals surface area contributed by atoms with Crippen molar-refractivity contribution in [2.45, 2.75) is 91.4 Å². The van der Waals surface area contributed by atoms with Crippen molar-refractivity contribution in [2.24, 2.45) is 0 Å². The molecule has 0 aliphatic carbocycles. The van der Waals surface area contributed by atoms with Crippen LogP contribution in [0.2, 0.25) is 0 Å². The number of hydrogen-bond donors (Lipinski definition) is 0. The molecule has 0 aliphatic heterocycles. The van der Waals surface area contributed by atoms with Gasteiger partial charge < -0.3 is 21.5 Å². The second-order valence-corrected chi connectivity index (χ2v) is 7.13. The summed E-state index contributed by atoms with van der Waals surface area (Å²) in [7, 11) is 0. The first kappa shape index (κ1) is 25.0. The highest BCUT2D eigenvalue weighted by Gasteiger charge is 2.25. The van der Waals surface area contributed by atoms with E-state index < -0.39 is 0 Å². The smallest absolute Gasteiger partial charge is 0.0798 e. The second-order valence-electron chi connectivity index (χ2n) is 6.75. The molecule has 0 atom stereocenters. The van der Waals surface area contributed by atoms with Crippen molar-refractivity contribution in [1.82, 2.24) is 0 Å². The van der Waals surface area contributed by atoms with E-state index in [2.05, 4.69) is 20.8 Å². The average Bonchev–Trinajstić information content (AvgIpc) is 2.50. The van der Waals surface area contributed by atoms with Crippen LogP contribution in [0.25, 0.3) is 0 Å². The molecule has 0 saturated heterocycles. The van der Waals surface area contributed by atoms with E-state index in [0.29, 0.717) is 0 Å². The predicted molar refractivity (Wildman–Crippen MR) is 98.3 cm³/mol. The van der Waals surface area contributed by atoms with Crippen molar-refractivity contribution in [3.63, 3.8) is 0 Å². The summed E-state index contributed by atoms with van der Waals surface area (Å²) in [4.78, 5) is 0. The summed E-state index contributed by atoms with van der Waals surface area (Å²) in [6.07, 6.45) is 15.0. The highest BCUT2D eigenvalue weighted by molar-refractivity contribution is 6.17. The first-order valence-corrected chi connectivity index (χ1v) is 10.2. The minimum absolute atomic E-state index is 0. The molecule has 0 aliphatic rings. The van der Waals surface area contributed by atoms with Crippen molar-refractivity contribution in [3.05, 3.63) is 0 Å². The Kier molecular flexibility index (Phi) is 20.5. The number of hydrogen-bond acceptors (Lipinski definition) is 0. The SMILES string of the molecule is CCCCCC[N+](CCCCl)(CCCCC)CCCCC.[Br-]. The molecule has 0 N–H and O–H groups in total. The van der Waals surface area contributed by atoms with Gasteiger partial charge in [-0.15, -0.1) is 11.6 Å². The lowest BCUT2D eigenvalue weighted by molar-refractivity contribution is -0.928. The molecule has 0 saturated carbocycles. The Hall–Kier alpha value is 0.730. The summed E-state index contributed by atoms with van der Waals surface area (Å²) in [5.41, 5.74) is 0. The summed E-state index contributed by atoms with van der Waals surface area (Å²) in [6.45, 7) is 12.4. The maximum atomic E-state index is 6.00. The lowest BCUT2D eigenvalue weighted by Gasteiger charge is -2.39. The maximum Gasteiger partial charge on any atom is 0.0798 e. The van der Waals surface area contributed by atoms with Gasteiger partial charge in [0, 0.05) is 12.3 Å². The Morgan fingerprint density at radius 3 is 1.32 bits per heavy atom. The van der Waals surface area contributed by atoms with Gasteiger partial charge in [0.1, 0.15) is 0 Å². The topological polar surface area (TPSA) is 0 Å². The first-order valence-electron chi connectivity index (χ1n) is 9.65. The lowest BCUT2D eigenvalue weighted by Crippen LogP contribution is -3.00. The van der Waals surface area contributed by atoms with E-state index >= 15 is 0 Å². The van der Waals surface area contributed by atoms with Crippen LogP contribution >= 0.6 is 11.6 Å². The quantitative estimate of drug-likeness (QED) is 0.212. The molecule has 0 amide bonds. The zero-order valence-corrected chi connectivity index (χ0v) is 17.9. The minimum atomic E-state index is 0. The van der Waals surface area contributed by atoms with E-state index in [0.717, 1.165) is 5.88 Å². The van der Waals surface area contributed by atoms with Gasteiger partial charge in [0.05, 0.1) is 26.2 Å². The van der Waals surface area contributed by atoms with Gasteiger partial charge >= 0.3 is 0 Å². The molecule has 0 aromatic rings. The lowest BCUT2D eigenvalue weighted by atomic mass is 10.1. The van der Waals surface area contributed by atoms with Crippen LogP contribution in [-0.4, -0.2) is 36.5 Å². The molecule has 0 rings (SSSR count). The van der Waals surface area contributed by atoms with Crippen molar-refractivity contribution >= 4 is 11.6 Å². The molecule has 3 heteroatoms. The number of halogens is 2. The van der Waals surface area contributed by atoms with Crippen LogP contribution in [-0.2, 0) is 0 Å². The van der Waals surface area contributed by atoms with Crippen LogP contribution in [0, 0.1) is 0 Å². The molecule has 0 unspecified atom stereocenters.